The van der Waals surface area contributed by atoms with E-state index in [1.807, 2.05) is 29.2 Å². The molecular weight excluding hydrogens is 362 g/mol. The second-order valence-electron chi connectivity index (χ2n) is 7.51. The van der Waals surface area contributed by atoms with Crippen molar-refractivity contribution in [2.75, 3.05) is 25.9 Å². The normalized spacial score (nSPS) is 24.4. The summed E-state index contributed by atoms with van der Waals surface area (Å²) < 4.78 is 0. The van der Waals surface area contributed by atoms with Gasteiger partial charge in [0, 0.05) is 36.3 Å². The number of nitrogens with zero attached hydrogens (tertiary/aromatic N) is 4. The monoisotopic (exact) mass is 385 g/mol. The zero-order chi connectivity index (χ0) is 19.0. The summed E-state index contributed by atoms with van der Waals surface area (Å²) in [5.41, 5.74) is 6.83. The molecule has 0 unspecified atom stereocenters. The Labute approximate surface area is 164 Å². The van der Waals surface area contributed by atoms with Gasteiger partial charge in [-0.05, 0) is 43.5 Å². The highest BCUT2D eigenvalue weighted by Gasteiger charge is 2.47. The van der Waals surface area contributed by atoms with Crippen molar-refractivity contribution in [2.45, 2.75) is 31.3 Å². The molecule has 2 fully saturated rings. The first-order valence-electron chi connectivity index (χ1n) is 9.34. The van der Waals surface area contributed by atoms with Gasteiger partial charge in [-0.3, -0.25) is 9.69 Å². The number of benzene rings is 1. The smallest absolute Gasteiger partial charge is 0.226 e. The van der Waals surface area contributed by atoms with Crippen LogP contribution in [0.3, 0.4) is 0 Å². The number of likely N-dealkylation sites (tertiary alicyclic amines) is 1. The second-order valence-corrected chi connectivity index (χ2v) is 7.92. The molecule has 7 heteroatoms. The molecule has 1 aromatic carbocycles. The quantitative estimate of drug-likeness (QED) is 0.856. The van der Waals surface area contributed by atoms with Crippen molar-refractivity contribution in [3.8, 4) is 0 Å². The summed E-state index contributed by atoms with van der Waals surface area (Å²) in [7, 11) is 2.05. The minimum Gasteiger partial charge on any atom is -0.384 e. The van der Waals surface area contributed by atoms with E-state index in [1.54, 1.807) is 12.3 Å². The standard InChI is InChI=1S/C20H24ClN5O/c1-25(12-19-23-8-6-18(22)24-19)13-7-9-26(11-13)20(27)16-10-15(16)14-4-2-3-5-17(14)21/h2-6,8,13,15-16H,7,9-12H2,1H3,(H2,22,23,24)/t13-,15-,16+/m1/s1. The van der Waals surface area contributed by atoms with Crippen LogP contribution in [0.2, 0.25) is 5.02 Å². The minimum atomic E-state index is 0.0752. The highest BCUT2D eigenvalue weighted by atomic mass is 35.5. The number of anilines is 1. The largest absolute Gasteiger partial charge is 0.384 e. The lowest BCUT2D eigenvalue weighted by Crippen LogP contribution is -2.37. The second kappa shape index (κ2) is 7.44. The van der Waals surface area contributed by atoms with Gasteiger partial charge in [-0.25, -0.2) is 9.97 Å². The molecule has 2 aromatic rings. The van der Waals surface area contributed by atoms with Crippen molar-refractivity contribution in [1.29, 1.82) is 0 Å². The molecule has 1 saturated heterocycles. The first-order valence-corrected chi connectivity index (χ1v) is 9.71. The average Bonchev–Trinajstić information content (AvgIpc) is 3.28. The van der Waals surface area contributed by atoms with E-state index in [2.05, 4.69) is 21.9 Å². The van der Waals surface area contributed by atoms with Gasteiger partial charge >= 0.3 is 0 Å². The third-order valence-corrected chi connectivity index (χ3v) is 5.97. The molecule has 1 aromatic heterocycles. The lowest BCUT2D eigenvalue weighted by molar-refractivity contribution is -0.131. The number of amides is 1. The SMILES string of the molecule is CN(Cc1nccc(N)n1)[C@@H]1CCN(C(=O)[C@H]2C[C@@H]2c2ccccc2Cl)C1. The number of aromatic nitrogens is 2. The highest BCUT2D eigenvalue weighted by molar-refractivity contribution is 6.31. The number of halogens is 1. The Bertz CT molecular complexity index is 845. The van der Waals surface area contributed by atoms with E-state index in [4.69, 9.17) is 17.3 Å². The van der Waals surface area contributed by atoms with Crippen LogP contribution in [-0.4, -0.2) is 51.9 Å². The summed E-state index contributed by atoms with van der Waals surface area (Å²) in [5, 5.41) is 0.763. The maximum atomic E-state index is 12.9. The summed E-state index contributed by atoms with van der Waals surface area (Å²) in [4.78, 5) is 25.6. The summed E-state index contributed by atoms with van der Waals surface area (Å²) in [5.74, 6) is 1.80. The fraction of sp³-hybridized carbons (Fsp3) is 0.450. The number of hydrogen-bond donors (Lipinski definition) is 1. The lowest BCUT2D eigenvalue weighted by atomic mass is 10.1. The molecule has 27 heavy (non-hydrogen) atoms. The Kier molecular flexibility index (Phi) is 5.02. The molecule has 1 saturated carbocycles. The molecule has 3 atom stereocenters. The van der Waals surface area contributed by atoms with Crippen LogP contribution in [0.25, 0.3) is 0 Å². The summed E-state index contributed by atoms with van der Waals surface area (Å²) >= 11 is 6.29. The third kappa shape index (κ3) is 3.92. The van der Waals surface area contributed by atoms with Gasteiger partial charge in [-0.1, -0.05) is 29.8 Å². The zero-order valence-electron chi connectivity index (χ0n) is 15.4. The van der Waals surface area contributed by atoms with Crippen LogP contribution in [-0.2, 0) is 11.3 Å². The predicted molar refractivity (Wildman–Crippen MR) is 105 cm³/mol. The van der Waals surface area contributed by atoms with Gasteiger partial charge in [0.25, 0.3) is 0 Å². The first-order chi connectivity index (χ1) is 13.0. The molecule has 0 bridgehead atoms. The van der Waals surface area contributed by atoms with Gasteiger partial charge in [-0.2, -0.15) is 0 Å². The van der Waals surface area contributed by atoms with Gasteiger partial charge in [0.2, 0.25) is 5.91 Å². The molecular formula is C20H24ClN5O. The molecule has 1 amide bonds. The van der Waals surface area contributed by atoms with Gasteiger partial charge in [0.1, 0.15) is 11.6 Å². The molecule has 2 heterocycles. The maximum Gasteiger partial charge on any atom is 0.226 e. The van der Waals surface area contributed by atoms with E-state index in [0.717, 1.165) is 36.5 Å². The lowest BCUT2D eigenvalue weighted by Gasteiger charge is -2.24. The molecule has 0 radical (unpaired) electrons. The third-order valence-electron chi connectivity index (χ3n) is 5.63. The Morgan fingerprint density at radius 1 is 1.37 bits per heavy atom. The van der Waals surface area contributed by atoms with Gasteiger partial charge in [-0.15, -0.1) is 0 Å². The average molecular weight is 386 g/mol. The number of nitrogens with two attached hydrogens (primary N) is 1. The van der Waals surface area contributed by atoms with Gasteiger partial charge < -0.3 is 10.6 Å². The Balaban J connectivity index is 1.33. The van der Waals surface area contributed by atoms with Crippen LogP contribution in [0.5, 0.6) is 0 Å². The van der Waals surface area contributed by atoms with E-state index >= 15 is 0 Å². The molecule has 4 rings (SSSR count). The predicted octanol–water partition coefficient (Wildman–Crippen LogP) is 2.55. The van der Waals surface area contributed by atoms with Crippen molar-refractivity contribution >= 4 is 23.3 Å². The maximum absolute atomic E-state index is 12.9. The highest BCUT2D eigenvalue weighted by Crippen LogP contribution is 2.50. The Morgan fingerprint density at radius 2 is 2.19 bits per heavy atom. The molecule has 2 aliphatic rings. The van der Waals surface area contributed by atoms with Crippen LogP contribution >= 0.6 is 11.6 Å². The van der Waals surface area contributed by atoms with Crippen LogP contribution in [0.4, 0.5) is 5.82 Å². The number of rotatable bonds is 5. The molecule has 6 nitrogen and oxygen atoms in total. The van der Waals surface area contributed by atoms with E-state index in [0.29, 0.717) is 24.2 Å². The van der Waals surface area contributed by atoms with E-state index in [-0.39, 0.29) is 17.7 Å². The Morgan fingerprint density at radius 3 is 2.96 bits per heavy atom. The molecule has 0 spiro atoms. The number of likely N-dealkylation sites (N-methyl/N-ethyl adjacent to an activating group) is 1. The molecule has 1 aliphatic heterocycles. The number of nitrogen functional groups attached to an aromatic ring is 1. The van der Waals surface area contributed by atoms with Crippen LogP contribution < -0.4 is 5.73 Å². The zero-order valence-corrected chi connectivity index (χ0v) is 16.1. The fourth-order valence-electron chi connectivity index (χ4n) is 3.97. The van der Waals surface area contributed by atoms with Crippen molar-refractivity contribution < 1.29 is 4.79 Å². The number of carbonyl (C=O) groups is 1. The van der Waals surface area contributed by atoms with Crippen LogP contribution in [0, 0.1) is 5.92 Å². The summed E-state index contributed by atoms with van der Waals surface area (Å²) in [6.07, 6.45) is 3.54. The molecule has 1 aliphatic carbocycles. The Hall–Kier alpha value is -2.18. The fourth-order valence-corrected chi connectivity index (χ4v) is 4.24. The first kappa shape index (κ1) is 18.2. The van der Waals surface area contributed by atoms with Crippen LogP contribution in [0.15, 0.2) is 36.5 Å². The summed E-state index contributed by atoms with van der Waals surface area (Å²) in [6.45, 7) is 2.18. The van der Waals surface area contributed by atoms with Crippen molar-refractivity contribution in [3.05, 3.63) is 52.9 Å². The number of carbonyl (C=O) groups excluding carboxylic acids is 1. The van der Waals surface area contributed by atoms with E-state index in [9.17, 15) is 4.79 Å². The van der Waals surface area contributed by atoms with Gasteiger partial charge in [0.15, 0.2) is 0 Å². The van der Waals surface area contributed by atoms with Crippen molar-refractivity contribution in [1.82, 2.24) is 19.8 Å². The van der Waals surface area contributed by atoms with Crippen molar-refractivity contribution in [3.63, 3.8) is 0 Å². The van der Waals surface area contributed by atoms with E-state index in [1.165, 1.54) is 0 Å². The number of hydrogen-bond acceptors (Lipinski definition) is 5. The minimum absolute atomic E-state index is 0.0752. The van der Waals surface area contributed by atoms with Crippen molar-refractivity contribution in [2.24, 2.45) is 5.92 Å². The topological polar surface area (TPSA) is 75.4 Å². The summed E-state index contributed by atoms with van der Waals surface area (Å²) in [6, 6.07) is 9.85. The van der Waals surface area contributed by atoms with Gasteiger partial charge in [0.05, 0.1) is 6.54 Å². The van der Waals surface area contributed by atoms with E-state index < -0.39 is 0 Å². The van der Waals surface area contributed by atoms with Crippen LogP contribution in [0.1, 0.15) is 30.1 Å². The molecule has 142 valence electrons. The molecule has 2 N–H and O–H groups in total.